The van der Waals surface area contributed by atoms with Crippen molar-refractivity contribution in [3.63, 3.8) is 0 Å². The summed E-state index contributed by atoms with van der Waals surface area (Å²) in [5.74, 6) is -0.00295. The molecule has 7 nitrogen and oxygen atoms in total. The summed E-state index contributed by atoms with van der Waals surface area (Å²) >= 11 is 0. The second kappa shape index (κ2) is 9.92. The number of carbonyl (C=O) groups is 2. The van der Waals surface area contributed by atoms with Crippen LogP contribution in [0.15, 0.2) is 88.4 Å². The van der Waals surface area contributed by atoms with Crippen molar-refractivity contribution < 1.29 is 18.7 Å². The molecule has 0 saturated heterocycles. The van der Waals surface area contributed by atoms with Crippen molar-refractivity contribution in [3.05, 3.63) is 84.4 Å². The van der Waals surface area contributed by atoms with Crippen molar-refractivity contribution in [2.24, 2.45) is 5.10 Å². The predicted octanol–water partition coefficient (Wildman–Crippen LogP) is 5.81. The molecule has 0 aliphatic carbocycles. The molecule has 7 heteroatoms. The number of nitrogens with one attached hydrogen (secondary N) is 2. The van der Waals surface area contributed by atoms with Crippen LogP contribution >= 0.6 is 0 Å². The summed E-state index contributed by atoms with van der Waals surface area (Å²) in [7, 11) is 1.55. The summed E-state index contributed by atoms with van der Waals surface area (Å²) in [6.07, 6.45) is 0.203. The summed E-state index contributed by atoms with van der Waals surface area (Å²) < 4.78 is 11.4. The molecule has 0 spiro atoms. The number of fused-ring (bicyclic) bond motifs is 4. The van der Waals surface area contributed by atoms with E-state index in [9.17, 15) is 9.59 Å². The number of hydrogen-bond donors (Lipinski definition) is 2. The van der Waals surface area contributed by atoms with Crippen LogP contribution in [0.4, 0.5) is 5.69 Å². The summed E-state index contributed by atoms with van der Waals surface area (Å²) in [4.78, 5) is 25.2. The SMILES string of the molecule is COc1cc2c(cc1NC(=O)C/C(C)=N\NC(=O)Cc1cccc3ccccc13)oc1ccccc12. The highest BCUT2D eigenvalue weighted by Gasteiger charge is 2.15. The van der Waals surface area contributed by atoms with Gasteiger partial charge in [-0.3, -0.25) is 9.59 Å². The van der Waals surface area contributed by atoms with E-state index in [-0.39, 0.29) is 24.7 Å². The number of furan rings is 1. The van der Waals surface area contributed by atoms with E-state index in [4.69, 9.17) is 9.15 Å². The summed E-state index contributed by atoms with van der Waals surface area (Å²) in [6, 6.07) is 25.1. The number of rotatable bonds is 7. The number of nitrogens with zero attached hydrogens (tertiary/aromatic N) is 1. The highest BCUT2D eigenvalue weighted by molar-refractivity contribution is 6.10. The first-order chi connectivity index (χ1) is 17.5. The van der Waals surface area contributed by atoms with Gasteiger partial charge in [0.25, 0.3) is 0 Å². The van der Waals surface area contributed by atoms with Gasteiger partial charge in [0.2, 0.25) is 11.8 Å². The number of hydrogen-bond acceptors (Lipinski definition) is 5. The van der Waals surface area contributed by atoms with Gasteiger partial charge in [-0.05, 0) is 35.4 Å². The largest absolute Gasteiger partial charge is 0.495 e. The van der Waals surface area contributed by atoms with Crippen LogP contribution in [0, 0.1) is 0 Å². The summed E-state index contributed by atoms with van der Waals surface area (Å²) in [5.41, 5.74) is 5.87. The lowest BCUT2D eigenvalue weighted by atomic mass is 10.0. The molecule has 0 radical (unpaired) electrons. The second-order valence-electron chi connectivity index (χ2n) is 8.57. The van der Waals surface area contributed by atoms with Gasteiger partial charge in [0.05, 0.1) is 25.6 Å². The Morgan fingerprint density at radius 1 is 0.861 bits per heavy atom. The van der Waals surface area contributed by atoms with Gasteiger partial charge < -0.3 is 14.5 Å². The van der Waals surface area contributed by atoms with Crippen LogP contribution < -0.4 is 15.5 Å². The lowest BCUT2D eigenvalue weighted by molar-refractivity contribution is -0.120. The molecule has 0 atom stereocenters. The molecular formula is C29H25N3O4. The van der Waals surface area contributed by atoms with E-state index in [1.54, 1.807) is 20.1 Å². The molecule has 2 amide bonds. The lowest BCUT2D eigenvalue weighted by Gasteiger charge is -2.10. The zero-order valence-corrected chi connectivity index (χ0v) is 20.0. The average Bonchev–Trinajstić information content (AvgIpc) is 3.24. The molecule has 1 heterocycles. The molecular weight excluding hydrogens is 454 g/mol. The smallest absolute Gasteiger partial charge is 0.244 e. The maximum Gasteiger partial charge on any atom is 0.244 e. The highest BCUT2D eigenvalue weighted by Crippen LogP contribution is 2.36. The Morgan fingerprint density at radius 3 is 2.44 bits per heavy atom. The van der Waals surface area contributed by atoms with E-state index >= 15 is 0 Å². The van der Waals surface area contributed by atoms with Gasteiger partial charge in [-0.15, -0.1) is 0 Å². The van der Waals surface area contributed by atoms with Crippen molar-refractivity contribution in [1.82, 2.24) is 5.43 Å². The van der Waals surface area contributed by atoms with Gasteiger partial charge in [-0.25, -0.2) is 5.43 Å². The number of hydrazone groups is 1. The van der Waals surface area contributed by atoms with Gasteiger partial charge in [0.15, 0.2) is 0 Å². The van der Waals surface area contributed by atoms with Crippen LogP contribution in [0.1, 0.15) is 18.9 Å². The molecule has 0 aliphatic rings. The standard InChI is InChI=1S/C29H25N3O4/c1-18(31-32-29(34)15-20-10-7-9-19-8-3-4-11-21(19)20)14-28(33)30-24-17-26-23(16-27(24)35-2)22-12-5-6-13-25(22)36-26/h3-13,16-17H,14-15H2,1-2H3,(H,30,33)(H,32,34)/b31-18-. The fraction of sp³-hybridized carbons (Fsp3) is 0.138. The zero-order chi connectivity index (χ0) is 25.1. The first-order valence-electron chi connectivity index (χ1n) is 11.6. The molecule has 0 bridgehead atoms. The van der Waals surface area contributed by atoms with Gasteiger partial charge >= 0.3 is 0 Å². The Hall–Kier alpha value is -4.65. The molecule has 0 aliphatic heterocycles. The van der Waals surface area contributed by atoms with Gasteiger partial charge in [-0.1, -0.05) is 60.7 Å². The van der Waals surface area contributed by atoms with Crippen LogP contribution in [0.3, 0.4) is 0 Å². The number of methoxy groups -OCH3 is 1. The van der Waals surface area contributed by atoms with Crippen LogP contribution in [0.25, 0.3) is 32.7 Å². The fourth-order valence-electron chi connectivity index (χ4n) is 4.30. The molecule has 180 valence electrons. The number of para-hydroxylation sites is 1. The predicted molar refractivity (Wildman–Crippen MR) is 142 cm³/mol. The van der Waals surface area contributed by atoms with Crippen molar-refractivity contribution in [2.75, 3.05) is 12.4 Å². The molecule has 2 N–H and O–H groups in total. The van der Waals surface area contributed by atoms with Crippen LogP contribution in [0.5, 0.6) is 5.75 Å². The van der Waals surface area contributed by atoms with Gasteiger partial charge in [0.1, 0.15) is 16.9 Å². The Bertz CT molecular complexity index is 1630. The lowest BCUT2D eigenvalue weighted by Crippen LogP contribution is -2.23. The average molecular weight is 480 g/mol. The third-order valence-corrected chi connectivity index (χ3v) is 5.99. The van der Waals surface area contributed by atoms with E-state index in [1.807, 2.05) is 72.8 Å². The minimum Gasteiger partial charge on any atom is -0.495 e. The quantitative estimate of drug-likeness (QED) is 0.228. The minimum atomic E-state index is -0.284. The van der Waals surface area contributed by atoms with Gasteiger partial charge in [-0.2, -0.15) is 5.10 Å². The van der Waals surface area contributed by atoms with Crippen molar-refractivity contribution in [1.29, 1.82) is 0 Å². The van der Waals surface area contributed by atoms with E-state index < -0.39 is 0 Å². The molecule has 0 fully saturated rings. The molecule has 4 aromatic carbocycles. The molecule has 0 unspecified atom stereocenters. The molecule has 1 aromatic heterocycles. The first kappa shape index (κ1) is 23.1. The van der Waals surface area contributed by atoms with E-state index in [0.717, 1.165) is 32.7 Å². The second-order valence-corrected chi connectivity index (χ2v) is 8.57. The number of benzene rings is 4. The number of anilines is 1. The zero-order valence-electron chi connectivity index (χ0n) is 20.0. The number of ether oxygens (including phenoxy) is 1. The van der Waals surface area contributed by atoms with E-state index in [0.29, 0.717) is 22.7 Å². The maximum atomic E-state index is 12.7. The Balaban J connectivity index is 1.24. The van der Waals surface area contributed by atoms with E-state index in [1.165, 1.54) is 0 Å². The van der Waals surface area contributed by atoms with E-state index in [2.05, 4.69) is 15.8 Å². The van der Waals surface area contributed by atoms with Crippen LogP contribution in [-0.4, -0.2) is 24.6 Å². The summed E-state index contributed by atoms with van der Waals surface area (Å²) in [5, 5.41) is 11.0. The third kappa shape index (κ3) is 4.77. The first-order valence-corrected chi connectivity index (χ1v) is 11.6. The molecule has 5 aromatic rings. The van der Waals surface area contributed by atoms with Gasteiger partial charge in [0, 0.05) is 22.6 Å². The Kier molecular flexibility index (Phi) is 6.36. The minimum absolute atomic E-state index is 0.00979. The van der Waals surface area contributed by atoms with Crippen molar-refractivity contribution >= 4 is 55.9 Å². The molecule has 5 rings (SSSR count). The van der Waals surface area contributed by atoms with Crippen molar-refractivity contribution in [2.45, 2.75) is 19.8 Å². The highest BCUT2D eigenvalue weighted by atomic mass is 16.5. The number of amides is 2. The van der Waals surface area contributed by atoms with Crippen molar-refractivity contribution in [3.8, 4) is 5.75 Å². The monoisotopic (exact) mass is 479 g/mol. The number of carbonyl (C=O) groups excluding carboxylic acids is 2. The molecule has 0 saturated carbocycles. The maximum absolute atomic E-state index is 12.7. The third-order valence-electron chi connectivity index (χ3n) is 5.99. The Morgan fingerprint density at radius 2 is 1.61 bits per heavy atom. The Labute approximate surface area is 207 Å². The van der Waals surface area contributed by atoms with Crippen LogP contribution in [0.2, 0.25) is 0 Å². The summed E-state index contributed by atoms with van der Waals surface area (Å²) in [6.45, 7) is 1.69. The molecule has 36 heavy (non-hydrogen) atoms. The van der Waals surface area contributed by atoms with Crippen LogP contribution in [-0.2, 0) is 16.0 Å². The topological polar surface area (TPSA) is 92.9 Å². The normalized spacial score (nSPS) is 11.7. The fourth-order valence-corrected chi connectivity index (χ4v) is 4.30.